The van der Waals surface area contributed by atoms with Crippen LogP contribution in [0.2, 0.25) is 0 Å². The van der Waals surface area contributed by atoms with Gasteiger partial charge in [0, 0.05) is 32.2 Å². The second-order valence-corrected chi connectivity index (χ2v) is 6.04. The Morgan fingerprint density at radius 3 is 2.14 bits per heavy atom. The van der Waals surface area contributed by atoms with Crippen LogP contribution >= 0.6 is 0 Å². The third-order valence-electron chi connectivity index (χ3n) is 3.59. The zero-order chi connectivity index (χ0) is 20.8. The standard InChI is InChI=1S/C19H28N4O5/c1-3-9-21-18(26)12-28-13-19(27)23-15-6-4-14(5-7-15)11-17(25)22-10-8-16(24)20-2/h4-7H,3,8-13H2,1-2H3,(H,20,24)(H,21,26)(H,22,25)(H,23,27). The molecular formula is C19H28N4O5. The predicted octanol–water partition coefficient (Wildman–Crippen LogP) is -0.0373. The van der Waals surface area contributed by atoms with Crippen LogP contribution in [0, 0.1) is 0 Å². The molecule has 0 aliphatic rings. The van der Waals surface area contributed by atoms with E-state index in [0.717, 1.165) is 12.0 Å². The second kappa shape index (κ2) is 13.3. The molecule has 0 aliphatic heterocycles. The molecule has 0 aromatic heterocycles. The number of ether oxygens (including phenoxy) is 1. The molecule has 154 valence electrons. The van der Waals surface area contributed by atoms with Crippen molar-refractivity contribution in [3.05, 3.63) is 29.8 Å². The van der Waals surface area contributed by atoms with Crippen LogP contribution in [0.5, 0.6) is 0 Å². The van der Waals surface area contributed by atoms with Crippen LogP contribution in [0.15, 0.2) is 24.3 Å². The molecule has 4 N–H and O–H groups in total. The first-order valence-electron chi connectivity index (χ1n) is 9.15. The van der Waals surface area contributed by atoms with Gasteiger partial charge in [-0.25, -0.2) is 0 Å². The molecule has 0 radical (unpaired) electrons. The first kappa shape index (κ1) is 23.1. The molecule has 9 heteroatoms. The Hall–Kier alpha value is -2.94. The molecule has 0 aliphatic carbocycles. The minimum absolute atomic E-state index is 0.133. The summed E-state index contributed by atoms with van der Waals surface area (Å²) in [5.41, 5.74) is 1.34. The first-order chi connectivity index (χ1) is 13.4. The zero-order valence-electron chi connectivity index (χ0n) is 16.3. The Kier molecular flexibility index (Phi) is 10.9. The molecule has 28 heavy (non-hydrogen) atoms. The van der Waals surface area contributed by atoms with Crippen LogP contribution in [0.3, 0.4) is 0 Å². The molecule has 0 bridgehead atoms. The summed E-state index contributed by atoms with van der Waals surface area (Å²) < 4.78 is 5.06. The summed E-state index contributed by atoms with van der Waals surface area (Å²) >= 11 is 0. The number of carbonyl (C=O) groups is 4. The molecule has 0 atom stereocenters. The second-order valence-electron chi connectivity index (χ2n) is 6.04. The summed E-state index contributed by atoms with van der Waals surface area (Å²) in [5.74, 6) is -0.947. The van der Waals surface area contributed by atoms with Crippen molar-refractivity contribution >= 4 is 29.3 Å². The first-order valence-corrected chi connectivity index (χ1v) is 9.15. The van der Waals surface area contributed by atoms with Crippen molar-refractivity contribution in [2.75, 3.05) is 38.7 Å². The molecule has 0 saturated carbocycles. The molecule has 0 spiro atoms. The molecule has 1 rings (SSSR count). The van der Waals surface area contributed by atoms with E-state index in [1.807, 2.05) is 6.92 Å². The lowest BCUT2D eigenvalue weighted by Crippen LogP contribution is -2.30. The highest BCUT2D eigenvalue weighted by Gasteiger charge is 2.07. The van der Waals surface area contributed by atoms with Crippen LogP contribution in [0.4, 0.5) is 5.69 Å². The van der Waals surface area contributed by atoms with Gasteiger partial charge in [-0.3, -0.25) is 19.2 Å². The largest absolute Gasteiger partial charge is 0.362 e. The molecule has 0 saturated heterocycles. The number of hydrogen-bond acceptors (Lipinski definition) is 5. The van der Waals surface area contributed by atoms with Crippen molar-refractivity contribution in [1.82, 2.24) is 16.0 Å². The number of amides is 4. The van der Waals surface area contributed by atoms with Crippen LogP contribution < -0.4 is 21.3 Å². The number of benzene rings is 1. The van der Waals surface area contributed by atoms with Crippen LogP contribution in [0.1, 0.15) is 25.3 Å². The van der Waals surface area contributed by atoms with Gasteiger partial charge in [-0.2, -0.15) is 0 Å². The summed E-state index contributed by atoms with van der Waals surface area (Å²) in [5, 5.41) is 10.5. The van der Waals surface area contributed by atoms with E-state index in [9.17, 15) is 19.2 Å². The number of rotatable bonds is 12. The Morgan fingerprint density at radius 2 is 1.50 bits per heavy atom. The lowest BCUT2D eigenvalue weighted by molar-refractivity contribution is -0.129. The Bertz CT molecular complexity index is 661. The van der Waals surface area contributed by atoms with Crippen LogP contribution in [0.25, 0.3) is 0 Å². The van der Waals surface area contributed by atoms with Gasteiger partial charge in [0.25, 0.3) is 0 Å². The number of carbonyl (C=O) groups excluding carboxylic acids is 4. The average Bonchev–Trinajstić information content (AvgIpc) is 2.67. The SMILES string of the molecule is CCCNC(=O)COCC(=O)Nc1ccc(CC(=O)NCCC(=O)NC)cc1. The maximum atomic E-state index is 11.8. The van der Waals surface area contributed by atoms with Crippen LogP contribution in [-0.4, -0.2) is 57.0 Å². The predicted molar refractivity (Wildman–Crippen MR) is 105 cm³/mol. The average molecular weight is 392 g/mol. The van der Waals surface area contributed by atoms with Crippen molar-refractivity contribution in [1.29, 1.82) is 0 Å². The summed E-state index contributed by atoms with van der Waals surface area (Å²) in [4.78, 5) is 46.1. The van der Waals surface area contributed by atoms with Gasteiger partial charge in [0.15, 0.2) is 0 Å². The third kappa shape index (κ3) is 10.3. The summed E-state index contributed by atoms with van der Waals surface area (Å²) in [7, 11) is 1.54. The quantitative estimate of drug-likeness (QED) is 0.397. The zero-order valence-corrected chi connectivity index (χ0v) is 16.3. The maximum absolute atomic E-state index is 11.8. The minimum atomic E-state index is -0.372. The minimum Gasteiger partial charge on any atom is -0.362 e. The van der Waals surface area contributed by atoms with E-state index in [-0.39, 0.29) is 56.2 Å². The fraction of sp³-hybridized carbons (Fsp3) is 0.474. The molecule has 4 amide bonds. The van der Waals surface area contributed by atoms with Gasteiger partial charge in [0.2, 0.25) is 23.6 Å². The van der Waals surface area contributed by atoms with E-state index >= 15 is 0 Å². The van der Waals surface area contributed by atoms with E-state index < -0.39 is 0 Å². The summed E-state index contributed by atoms with van der Waals surface area (Å²) in [6.07, 6.45) is 1.24. The number of nitrogens with one attached hydrogen (secondary N) is 4. The van der Waals surface area contributed by atoms with Gasteiger partial charge in [-0.15, -0.1) is 0 Å². The summed E-state index contributed by atoms with van der Waals surface area (Å²) in [6.45, 7) is 2.41. The van der Waals surface area contributed by atoms with Gasteiger partial charge in [0.1, 0.15) is 13.2 Å². The van der Waals surface area contributed by atoms with Crippen molar-refractivity contribution < 1.29 is 23.9 Å². The van der Waals surface area contributed by atoms with Gasteiger partial charge >= 0.3 is 0 Å². The molecule has 0 unspecified atom stereocenters. The smallest absolute Gasteiger partial charge is 0.250 e. The van der Waals surface area contributed by atoms with Gasteiger partial charge in [-0.05, 0) is 24.1 Å². The van der Waals surface area contributed by atoms with E-state index in [1.165, 1.54) is 0 Å². The lowest BCUT2D eigenvalue weighted by atomic mass is 10.1. The Labute approximate surface area is 164 Å². The van der Waals surface area contributed by atoms with Gasteiger partial charge in [-0.1, -0.05) is 19.1 Å². The Morgan fingerprint density at radius 1 is 0.857 bits per heavy atom. The fourth-order valence-corrected chi connectivity index (χ4v) is 2.14. The highest BCUT2D eigenvalue weighted by Crippen LogP contribution is 2.10. The van der Waals surface area contributed by atoms with Crippen molar-refractivity contribution in [2.45, 2.75) is 26.2 Å². The number of anilines is 1. The maximum Gasteiger partial charge on any atom is 0.250 e. The fourth-order valence-electron chi connectivity index (χ4n) is 2.14. The van der Waals surface area contributed by atoms with Gasteiger partial charge in [0.05, 0.1) is 6.42 Å². The van der Waals surface area contributed by atoms with E-state index in [2.05, 4.69) is 21.3 Å². The molecule has 1 aromatic carbocycles. The molecular weight excluding hydrogens is 364 g/mol. The highest BCUT2D eigenvalue weighted by molar-refractivity contribution is 5.92. The number of hydrogen-bond donors (Lipinski definition) is 4. The molecule has 0 fully saturated rings. The van der Waals surface area contributed by atoms with Crippen molar-refractivity contribution in [3.63, 3.8) is 0 Å². The highest BCUT2D eigenvalue weighted by atomic mass is 16.5. The molecule has 9 nitrogen and oxygen atoms in total. The third-order valence-corrected chi connectivity index (χ3v) is 3.59. The molecule has 1 aromatic rings. The van der Waals surface area contributed by atoms with Gasteiger partial charge < -0.3 is 26.0 Å². The topological polar surface area (TPSA) is 126 Å². The van der Waals surface area contributed by atoms with Crippen LogP contribution in [-0.2, 0) is 30.3 Å². The van der Waals surface area contributed by atoms with Crippen molar-refractivity contribution in [2.24, 2.45) is 0 Å². The Balaban J connectivity index is 2.30. The van der Waals surface area contributed by atoms with E-state index in [4.69, 9.17) is 4.74 Å². The normalized spacial score (nSPS) is 10.1. The monoisotopic (exact) mass is 392 g/mol. The van der Waals surface area contributed by atoms with E-state index in [0.29, 0.717) is 12.2 Å². The van der Waals surface area contributed by atoms with Crippen molar-refractivity contribution in [3.8, 4) is 0 Å². The van der Waals surface area contributed by atoms with E-state index in [1.54, 1.807) is 31.3 Å². The lowest BCUT2D eigenvalue weighted by Gasteiger charge is -2.08. The summed E-state index contributed by atoms with van der Waals surface area (Å²) in [6, 6.07) is 6.82. The molecule has 0 heterocycles.